The molecule has 0 unspecified atom stereocenters. The van der Waals surface area contributed by atoms with Crippen molar-refractivity contribution in [2.24, 2.45) is 0 Å². The molecule has 0 saturated carbocycles. The molecule has 2 heterocycles. The molecule has 33 heavy (non-hydrogen) atoms. The molecule has 0 atom stereocenters. The zero-order chi connectivity index (χ0) is 22.9. The average Bonchev–Trinajstić information content (AvgIpc) is 3.26. The normalized spacial score (nSPS) is 11.0. The van der Waals surface area contributed by atoms with Crippen molar-refractivity contribution in [2.75, 3.05) is 12.4 Å². The molecule has 0 aliphatic heterocycles. The average molecular weight is 476 g/mol. The van der Waals surface area contributed by atoms with E-state index in [4.69, 9.17) is 27.9 Å². The maximum Gasteiger partial charge on any atom is 0.227 e. The molecule has 5 aromatic rings. The van der Waals surface area contributed by atoms with E-state index < -0.39 is 0 Å². The molecule has 2 aromatic heterocycles. The Labute approximate surface area is 200 Å². The van der Waals surface area contributed by atoms with Crippen molar-refractivity contribution in [1.29, 1.82) is 0 Å². The lowest BCUT2D eigenvalue weighted by molar-refractivity contribution is 0.412. The van der Waals surface area contributed by atoms with Gasteiger partial charge in [-0.25, -0.2) is 14.6 Å². The first-order valence-electron chi connectivity index (χ1n) is 10.2. The molecule has 1 N–H and O–H groups in total. The molecule has 0 radical (unpaired) electrons. The van der Waals surface area contributed by atoms with Gasteiger partial charge in [-0.3, -0.25) is 0 Å². The van der Waals surface area contributed by atoms with Crippen LogP contribution in [-0.2, 0) is 0 Å². The van der Waals surface area contributed by atoms with Crippen molar-refractivity contribution < 1.29 is 4.74 Å². The molecule has 0 aliphatic carbocycles. The topological polar surface area (TPSA) is 64.9 Å². The third kappa shape index (κ3) is 4.11. The number of nitrogens with zero attached hydrogens (tertiary/aromatic N) is 4. The fourth-order valence-corrected chi connectivity index (χ4v) is 3.98. The number of hydrogen-bond donors (Lipinski definition) is 1. The monoisotopic (exact) mass is 475 g/mol. The van der Waals surface area contributed by atoms with Crippen LogP contribution in [0.2, 0.25) is 10.0 Å². The highest BCUT2D eigenvalue weighted by atomic mass is 35.5. The van der Waals surface area contributed by atoms with E-state index in [1.807, 2.05) is 53.3 Å². The van der Waals surface area contributed by atoms with Gasteiger partial charge in [-0.1, -0.05) is 41.4 Å². The fraction of sp³-hybridized carbons (Fsp3) is 0.0800. The minimum absolute atomic E-state index is 0.452. The van der Waals surface area contributed by atoms with E-state index in [-0.39, 0.29) is 0 Å². The van der Waals surface area contributed by atoms with Crippen LogP contribution in [0.3, 0.4) is 0 Å². The van der Waals surface area contributed by atoms with E-state index in [1.54, 1.807) is 25.4 Å². The first-order chi connectivity index (χ1) is 16.0. The van der Waals surface area contributed by atoms with Crippen LogP contribution >= 0.6 is 23.2 Å². The van der Waals surface area contributed by atoms with Crippen LogP contribution in [0.5, 0.6) is 5.75 Å². The number of benzene rings is 3. The van der Waals surface area contributed by atoms with E-state index >= 15 is 0 Å². The van der Waals surface area contributed by atoms with Crippen LogP contribution < -0.4 is 10.1 Å². The van der Waals surface area contributed by atoms with Crippen molar-refractivity contribution >= 4 is 45.7 Å². The third-order valence-corrected chi connectivity index (χ3v) is 6.11. The third-order valence-electron chi connectivity index (χ3n) is 5.37. The maximum absolute atomic E-state index is 6.16. The Morgan fingerprint density at radius 2 is 1.85 bits per heavy atom. The maximum atomic E-state index is 6.16. The summed E-state index contributed by atoms with van der Waals surface area (Å²) < 4.78 is 7.56. The van der Waals surface area contributed by atoms with Gasteiger partial charge in [0.2, 0.25) is 5.95 Å². The number of anilines is 2. The Balaban J connectivity index is 1.46. The second-order valence-corrected chi connectivity index (χ2v) is 8.28. The van der Waals surface area contributed by atoms with E-state index in [1.165, 1.54) is 5.56 Å². The number of aromatic nitrogens is 4. The van der Waals surface area contributed by atoms with Gasteiger partial charge in [0.25, 0.3) is 0 Å². The molecule has 0 bridgehead atoms. The molecule has 0 aliphatic rings. The van der Waals surface area contributed by atoms with Crippen LogP contribution in [0.25, 0.3) is 27.8 Å². The van der Waals surface area contributed by atoms with Gasteiger partial charge in [-0.05, 0) is 48.9 Å². The Kier molecular flexibility index (Phi) is 5.62. The summed E-state index contributed by atoms with van der Waals surface area (Å²) in [6, 6.07) is 19.2. The molecule has 164 valence electrons. The number of nitrogens with one attached hydrogen (secondary N) is 1. The number of ether oxygens (including phenoxy) is 1. The van der Waals surface area contributed by atoms with E-state index in [0.29, 0.717) is 21.7 Å². The van der Waals surface area contributed by atoms with Crippen molar-refractivity contribution in [3.05, 3.63) is 88.7 Å². The quantitative estimate of drug-likeness (QED) is 0.301. The number of rotatable bonds is 5. The van der Waals surface area contributed by atoms with E-state index in [0.717, 1.165) is 33.5 Å². The van der Waals surface area contributed by atoms with E-state index in [2.05, 4.69) is 33.4 Å². The Hall–Kier alpha value is -3.61. The molecule has 0 amide bonds. The SMILES string of the molecule is COc1cc(Nc2nccc(-c3ccc(Cl)c(Cl)c3)n2)ccc1-n1ncc2c(C)cccc21. The Morgan fingerprint density at radius 1 is 0.970 bits per heavy atom. The summed E-state index contributed by atoms with van der Waals surface area (Å²) in [4.78, 5) is 8.94. The van der Waals surface area contributed by atoms with Crippen LogP contribution in [0.1, 0.15) is 5.56 Å². The zero-order valence-electron chi connectivity index (χ0n) is 17.9. The van der Waals surface area contributed by atoms with Gasteiger partial charge >= 0.3 is 0 Å². The largest absolute Gasteiger partial charge is 0.494 e. The number of hydrogen-bond acceptors (Lipinski definition) is 5. The van der Waals surface area contributed by atoms with Crippen molar-refractivity contribution in [1.82, 2.24) is 19.7 Å². The lowest BCUT2D eigenvalue weighted by atomic mass is 10.1. The summed E-state index contributed by atoms with van der Waals surface area (Å²) in [5, 5.41) is 9.90. The lowest BCUT2D eigenvalue weighted by Crippen LogP contribution is -2.02. The highest BCUT2D eigenvalue weighted by Crippen LogP contribution is 2.31. The van der Waals surface area contributed by atoms with Crippen LogP contribution in [0.4, 0.5) is 11.6 Å². The molecule has 3 aromatic carbocycles. The minimum Gasteiger partial charge on any atom is -0.494 e. The number of fused-ring (bicyclic) bond motifs is 1. The van der Waals surface area contributed by atoms with Gasteiger partial charge in [0.15, 0.2) is 0 Å². The summed E-state index contributed by atoms with van der Waals surface area (Å²) in [6.45, 7) is 2.07. The van der Waals surface area contributed by atoms with Crippen LogP contribution in [0.15, 0.2) is 73.1 Å². The number of halogens is 2. The highest BCUT2D eigenvalue weighted by Gasteiger charge is 2.13. The number of aryl methyl sites for hydroxylation is 1. The molecule has 0 saturated heterocycles. The highest BCUT2D eigenvalue weighted by molar-refractivity contribution is 6.42. The molecule has 8 heteroatoms. The molecular formula is C25H19Cl2N5O. The predicted octanol–water partition coefficient (Wildman–Crippen LogP) is 6.85. The first-order valence-corrected chi connectivity index (χ1v) is 11.0. The number of methoxy groups -OCH3 is 1. The smallest absolute Gasteiger partial charge is 0.227 e. The van der Waals surface area contributed by atoms with Crippen molar-refractivity contribution in [3.8, 4) is 22.7 Å². The molecule has 6 nitrogen and oxygen atoms in total. The Bertz CT molecular complexity index is 1480. The van der Waals surface area contributed by atoms with Crippen LogP contribution in [-0.4, -0.2) is 26.9 Å². The van der Waals surface area contributed by atoms with E-state index in [9.17, 15) is 0 Å². The van der Waals surface area contributed by atoms with Gasteiger partial charge in [0.1, 0.15) is 11.4 Å². The summed E-state index contributed by atoms with van der Waals surface area (Å²) in [6.07, 6.45) is 3.57. The van der Waals surface area contributed by atoms with Gasteiger partial charge in [-0.15, -0.1) is 0 Å². The fourth-order valence-electron chi connectivity index (χ4n) is 3.68. The van der Waals surface area contributed by atoms with Gasteiger partial charge in [0, 0.05) is 28.9 Å². The van der Waals surface area contributed by atoms with Gasteiger partial charge < -0.3 is 10.1 Å². The standard InChI is InChI=1S/C25H19Cl2N5O/c1-15-4-3-5-22-18(15)14-29-32(22)23-9-7-17(13-24(23)33-2)30-25-28-11-10-21(31-25)16-6-8-19(26)20(27)12-16/h3-14H,1-2H3,(H,28,30,31). The molecule has 0 spiro atoms. The van der Waals surface area contributed by atoms with Crippen molar-refractivity contribution in [3.63, 3.8) is 0 Å². The van der Waals surface area contributed by atoms with Gasteiger partial charge in [0.05, 0.1) is 34.6 Å². The van der Waals surface area contributed by atoms with Crippen molar-refractivity contribution in [2.45, 2.75) is 6.92 Å². The summed E-state index contributed by atoms with van der Waals surface area (Å²) in [7, 11) is 1.64. The summed E-state index contributed by atoms with van der Waals surface area (Å²) >= 11 is 12.2. The molecule has 5 rings (SSSR count). The summed E-state index contributed by atoms with van der Waals surface area (Å²) in [5.41, 5.74) is 5.40. The first kappa shape index (κ1) is 21.2. The van der Waals surface area contributed by atoms with Crippen LogP contribution in [0, 0.1) is 6.92 Å². The zero-order valence-corrected chi connectivity index (χ0v) is 19.4. The predicted molar refractivity (Wildman–Crippen MR) is 133 cm³/mol. The van der Waals surface area contributed by atoms with Gasteiger partial charge in [-0.2, -0.15) is 5.10 Å². The minimum atomic E-state index is 0.452. The Morgan fingerprint density at radius 3 is 2.67 bits per heavy atom. The lowest BCUT2D eigenvalue weighted by Gasteiger charge is -2.13. The second-order valence-electron chi connectivity index (χ2n) is 7.47. The molecular weight excluding hydrogens is 457 g/mol. The molecule has 0 fully saturated rings. The summed E-state index contributed by atoms with van der Waals surface area (Å²) in [5.74, 6) is 1.13. The second kappa shape index (κ2) is 8.73.